The molecule has 9 heteroatoms. The Labute approximate surface area is 175 Å². The van der Waals surface area contributed by atoms with E-state index in [0.717, 1.165) is 10.9 Å². The van der Waals surface area contributed by atoms with Crippen molar-refractivity contribution in [1.82, 2.24) is 19.7 Å². The minimum Gasteiger partial charge on any atom is -0.435 e. The molecule has 3 heterocycles. The molecular weight excluding hydrogens is 406 g/mol. The van der Waals surface area contributed by atoms with Crippen LogP contribution >= 0.6 is 0 Å². The number of hydrogen-bond acceptors (Lipinski definition) is 6. The number of aliphatic hydroxyl groups excluding tert-OH is 1. The number of ether oxygens (including phenoxy) is 1. The average molecular weight is 424 g/mol. The molecule has 1 aromatic carbocycles. The maximum absolute atomic E-state index is 12.6. The molecule has 0 saturated heterocycles. The smallest absolute Gasteiger partial charge is 0.387 e. The molecule has 3 aromatic heterocycles. The highest BCUT2D eigenvalue weighted by Gasteiger charge is 2.13. The fraction of sp³-hybridized carbons (Fsp3) is 0.182. The summed E-state index contributed by atoms with van der Waals surface area (Å²) in [5.41, 5.74) is 3.59. The van der Waals surface area contributed by atoms with Crippen LogP contribution in [0.4, 0.5) is 8.78 Å². The highest BCUT2D eigenvalue weighted by Crippen LogP contribution is 2.24. The van der Waals surface area contributed by atoms with E-state index in [1.807, 2.05) is 12.1 Å². The van der Waals surface area contributed by atoms with Gasteiger partial charge in [0.15, 0.2) is 5.78 Å². The van der Waals surface area contributed by atoms with E-state index in [4.69, 9.17) is 0 Å². The van der Waals surface area contributed by atoms with Crippen LogP contribution in [0.5, 0.6) is 5.75 Å². The summed E-state index contributed by atoms with van der Waals surface area (Å²) < 4.78 is 30.4. The van der Waals surface area contributed by atoms with E-state index in [1.165, 1.54) is 24.3 Å². The molecule has 4 aromatic rings. The van der Waals surface area contributed by atoms with E-state index in [2.05, 4.69) is 19.8 Å². The standard InChI is InChI=1S/C22H18F2N4O3/c1-28-20(12-29)17(11-26-28)18-7-4-14-10-25-15(8-19(14)27-18)9-21(30)13-2-5-16(6-3-13)31-22(23)24/h2-8,10-11,22,29H,9,12H2,1H3. The minimum atomic E-state index is -2.92. The second-order valence-corrected chi connectivity index (χ2v) is 6.85. The number of aryl methyl sites for hydroxylation is 1. The van der Waals surface area contributed by atoms with Crippen molar-refractivity contribution >= 4 is 16.7 Å². The van der Waals surface area contributed by atoms with Crippen molar-refractivity contribution in [3.8, 4) is 17.0 Å². The zero-order chi connectivity index (χ0) is 22.0. The lowest BCUT2D eigenvalue weighted by atomic mass is 10.1. The predicted octanol–water partition coefficient (Wildman–Crippen LogP) is 3.55. The zero-order valence-corrected chi connectivity index (χ0v) is 16.5. The number of benzene rings is 1. The maximum atomic E-state index is 12.6. The van der Waals surface area contributed by atoms with Gasteiger partial charge < -0.3 is 9.84 Å². The molecular formula is C22H18F2N4O3. The minimum absolute atomic E-state index is 0.00948. The summed E-state index contributed by atoms with van der Waals surface area (Å²) in [5.74, 6) is -0.216. The summed E-state index contributed by atoms with van der Waals surface area (Å²) in [6.45, 7) is -3.08. The van der Waals surface area contributed by atoms with Gasteiger partial charge in [-0.15, -0.1) is 0 Å². The Hall–Kier alpha value is -3.72. The molecule has 7 nitrogen and oxygen atoms in total. The van der Waals surface area contributed by atoms with Gasteiger partial charge in [-0.1, -0.05) is 0 Å². The number of carbonyl (C=O) groups is 1. The summed E-state index contributed by atoms with van der Waals surface area (Å²) in [6, 6.07) is 11.0. The third-order valence-electron chi connectivity index (χ3n) is 4.86. The van der Waals surface area contributed by atoms with Crippen LogP contribution in [0.2, 0.25) is 0 Å². The first kappa shape index (κ1) is 20.5. The number of Topliss-reactive ketones (excluding diaryl/α,β-unsaturated/α-hetero) is 1. The van der Waals surface area contributed by atoms with Crippen LogP contribution in [-0.4, -0.2) is 37.2 Å². The second-order valence-electron chi connectivity index (χ2n) is 6.85. The van der Waals surface area contributed by atoms with Gasteiger partial charge in [0.05, 0.1) is 41.8 Å². The van der Waals surface area contributed by atoms with E-state index in [0.29, 0.717) is 28.2 Å². The lowest BCUT2D eigenvalue weighted by Gasteiger charge is -2.07. The van der Waals surface area contributed by atoms with Crippen molar-refractivity contribution in [3.05, 3.63) is 71.8 Å². The topological polar surface area (TPSA) is 90.1 Å². The fourth-order valence-electron chi connectivity index (χ4n) is 3.26. The Bertz CT molecular complexity index is 1240. The van der Waals surface area contributed by atoms with Crippen LogP contribution in [0.25, 0.3) is 22.2 Å². The Morgan fingerprint density at radius 3 is 2.65 bits per heavy atom. The van der Waals surface area contributed by atoms with Crippen molar-refractivity contribution in [2.75, 3.05) is 0 Å². The summed E-state index contributed by atoms with van der Waals surface area (Å²) in [6.07, 6.45) is 3.32. The lowest BCUT2D eigenvalue weighted by Crippen LogP contribution is -2.06. The van der Waals surface area contributed by atoms with E-state index >= 15 is 0 Å². The number of fused-ring (bicyclic) bond motifs is 1. The van der Waals surface area contributed by atoms with Gasteiger partial charge >= 0.3 is 6.61 Å². The van der Waals surface area contributed by atoms with Gasteiger partial charge in [0.1, 0.15) is 5.75 Å². The molecule has 158 valence electrons. The molecule has 0 spiro atoms. The molecule has 0 bridgehead atoms. The number of pyridine rings is 2. The third-order valence-corrected chi connectivity index (χ3v) is 4.86. The Morgan fingerprint density at radius 2 is 1.94 bits per heavy atom. The molecule has 1 N–H and O–H groups in total. The van der Waals surface area contributed by atoms with E-state index in [-0.39, 0.29) is 24.6 Å². The van der Waals surface area contributed by atoms with Gasteiger partial charge in [0.25, 0.3) is 0 Å². The number of aromatic nitrogens is 4. The molecule has 4 rings (SSSR count). The number of nitrogens with zero attached hydrogens (tertiary/aromatic N) is 4. The average Bonchev–Trinajstić information content (AvgIpc) is 3.13. The van der Waals surface area contributed by atoms with Crippen LogP contribution in [0, 0.1) is 0 Å². The maximum Gasteiger partial charge on any atom is 0.387 e. The number of hydrogen-bond donors (Lipinski definition) is 1. The van der Waals surface area contributed by atoms with Gasteiger partial charge in [-0.2, -0.15) is 13.9 Å². The predicted molar refractivity (Wildman–Crippen MR) is 109 cm³/mol. The molecule has 31 heavy (non-hydrogen) atoms. The Morgan fingerprint density at radius 1 is 1.16 bits per heavy atom. The van der Waals surface area contributed by atoms with E-state index in [1.54, 1.807) is 30.2 Å². The van der Waals surface area contributed by atoms with Gasteiger partial charge in [-0.25, -0.2) is 4.98 Å². The number of ketones is 1. The lowest BCUT2D eigenvalue weighted by molar-refractivity contribution is -0.0498. The van der Waals surface area contributed by atoms with Crippen LogP contribution in [-0.2, 0) is 20.1 Å². The quantitative estimate of drug-likeness (QED) is 0.457. The summed E-state index contributed by atoms with van der Waals surface area (Å²) in [4.78, 5) is 21.5. The van der Waals surface area contributed by atoms with Gasteiger partial charge in [0, 0.05) is 29.8 Å². The second kappa shape index (κ2) is 8.57. The van der Waals surface area contributed by atoms with E-state index in [9.17, 15) is 18.7 Å². The molecule has 0 amide bonds. The number of halogens is 2. The van der Waals surface area contributed by atoms with Gasteiger partial charge in [-0.05, 0) is 42.5 Å². The zero-order valence-electron chi connectivity index (χ0n) is 16.5. The Kier molecular flexibility index (Phi) is 5.68. The highest BCUT2D eigenvalue weighted by atomic mass is 19.3. The summed E-state index contributed by atoms with van der Waals surface area (Å²) in [5, 5.41) is 14.6. The summed E-state index contributed by atoms with van der Waals surface area (Å²) in [7, 11) is 1.75. The third kappa shape index (κ3) is 4.41. The van der Waals surface area contributed by atoms with Crippen molar-refractivity contribution in [2.45, 2.75) is 19.6 Å². The molecule has 0 aliphatic rings. The number of carbonyl (C=O) groups excluding carboxylic acids is 1. The first-order chi connectivity index (χ1) is 14.9. The van der Waals surface area contributed by atoms with Crippen molar-refractivity contribution in [2.24, 2.45) is 7.05 Å². The molecule has 0 atom stereocenters. The van der Waals surface area contributed by atoms with Crippen LogP contribution in [0.3, 0.4) is 0 Å². The molecule has 0 unspecified atom stereocenters. The van der Waals surface area contributed by atoms with Crippen molar-refractivity contribution < 1.29 is 23.4 Å². The first-order valence-electron chi connectivity index (χ1n) is 9.40. The number of rotatable bonds is 7. The van der Waals surface area contributed by atoms with Crippen molar-refractivity contribution in [1.29, 1.82) is 0 Å². The SMILES string of the molecule is Cn1ncc(-c2ccc3cnc(CC(=O)c4ccc(OC(F)F)cc4)cc3n2)c1CO. The normalized spacial score (nSPS) is 11.3. The van der Waals surface area contributed by atoms with Gasteiger partial charge in [0.2, 0.25) is 0 Å². The van der Waals surface area contributed by atoms with Crippen LogP contribution in [0.1, 0.15) is 21.7 Å². The van der Waals surface area contributed by atoms with Crippen LogP contribution in [0.15, 0.2) is 54.9 Å². The van der Waals surface area contributed by atoms with Crippen molar-refractivity contribution in [3.63, 3.8) is 0 Å². The summed E-state index contributed by atoms with van der Waals surface area (Å²) >= 11 is 0. The molecule has 0 fully saturated rings. The molecule has 0 aliphatic carbocycles. The fourth-order valence-corrected chi connectivity index (χ4v) is 3.26. The van der Waals surface area contributed by atoms with E-state index < -0.39 is 6.61 Å². The molecule has 0 saturated carbocycles. The first-order valence-corrected chi connectivity index (χ1v) is 9.40. The van der Waals surface area contributed by atoms with Gasteiger partial charge in [-0.3, -0.25) is 14.5 Å². The Balaban J connectivity index is 1.57. The van der Waals surface area contributed by atoms with Crippen LogP contribution < -0.4 is 4.74 Å². The monoisotopic (exact) mass is 424 g/mol. The largest absolute Gasteiger partial charge is 0.435 e. The number of aliphatic hydroxyl groups is 1. The molecule has 0 radical (unpaired) electrons. The number of alkyl halides is 2. The molecule has 0 aliphatic heterocycles. The highest BCUT2D eigenvalue weighted by molar-refractivity contribution is 5.97.